The fourth-order valence-corrected chi connectivity index (χ4v) is 9.58. The van der Waals surface area contributed by atoms with Crippen molar-refractivity contribution in [2.45, 2.75) is 116 Å². The Balaban J connectivity index is 1.18. The van der Waals surface area contributed by atoms with Gasteiger partial charge in [0.2, 0.25) is 5.91 Å². The summed E-state index contributed by atoms with van der Waals surface area (Å²) in [6.45, 7) is 6.80. The summed E-state index contributed by atoms with van der Waals surface area (Å²) in [7, 11) is 0. The first-order valence-corrected chi connectivity index (χ1v) is 15.4. The second kappa shape index (κ2) is 11.0. The van der Waals surface area contributed by atoms with Gasteiger partial charge < -0.3 is 14.7 Å². The van der Waals surface area contributed by atoms with Crippen molar-refractivity contribution in [3.05, 3.63) is 0 Å². The Morgan fingerprint density at radius 3 is 2.54 bits per heavy atom. The van der Waals surface area contributed by atoms with E-state index in [4.69, 9.17) is 4.74 Å². The molecular formula is C31H49NO5. The third-order valence-corrected chi connectivity index (χ3v) is 11.8. The molecule has 5 fully saturated rings. The number of rotatable bonds is 7. The molecule has 6 nitrogen and oxygen atoms in total. The highest BCUT2D eigenvalue weighted by atomic mass is 16.5. The van der Waals surface area contributed by atoms with Gasteiger partial charge in [-0.15, -0.1) is 0 Å². The number of hydrogen-bond acceptors (Lipinski definition) is 5. The number of piperidine rings is 1. The number of carbonyl (C=O) groups excluding carboxylic acids is 3. The quantitative estimate of drug-likeness (QED) is 0.367. The number of carbonyl (C=O) groups is 3. The Morgan fingerprint density at radius 2 is 1.76 bits per heavy atom. The van der Waals surface area contributed by atoms with Gasteiger partial charge in [-0.05, 0) is 111 Å². The third kappa shape index (κ3) is 5.25. The van der Waals surface area contributed by atoms with Crippen molar-refractivity contribution in [1.82, 2.24) is 4.90 Å². The number of nitrogens with zero attached hydrogens (tertiary/aromatic N) is 1. The summed E-state index contributed by atoms with van der Waals surface area (Å²) < 4.78 is 5.57. The van der Waals surface area contributed by atoms with E-state index in [-0.39, 0.29) is 28.8 Å². The maximum Gasteiger partial charge on any atom is 0.305 e. The number of aliphatic hydroxyl groups is 1. The zero-order valence-corrected chi connectivity index (χ0v) is 23.2. The molecule has 8 atom stereocenters. The molecule has 37 heavy (non-hydrogen) atoms. The minimum atomic E-state index is -0.213. The van der Waals surface area contributed by atoms with E-state index in [0.29, 0.717) is 67.7 Å². The van der Waals surface area contributed by atoms with Crippen LogP contribution in [0.5, 0.6) is 0 Å². The van der Waals surface area contributed by atoms with Gasteiger partial charge in [0, 0.05) is 38.8 Å². The zero-order valence-electron chi connectivity index (χ0n) is 23.2. The van der Waals surface area contributed by atoms with Gasteiger partial charge in [0.15, 0.2) is 0 Å². The van der Waals surface area contributed by atoms with Crippen LogP contribution in [0.1, 0.15) is 110 Å². The van der Waals surface area contributed by atoms with Gasteiger partial charge >= 0.3 is 5.97 Å². The molecule has 1 amide bonds. The number of aliphatic hydroxyl groups excluding tert-OH is 1. The van der Waals surface area contributed by atoms with Crippen molar-refractivity contribution in [3.63, 3.8) is 0 Å². The van der Waals surface area contributed by atoms with Crippen molar-refractivity contribution in [2.24, 2.45) is 40.4 Å². The third-order valence-electron chi connectivity index (χ3n) is 11.8. The van der Waals surface area contributed by atoms with Gasteiger partial charge in [0.05, 0.1) is 12.7 Å². The summed E-state index contributed by atoms with van der Waals surface area (Å²) >= 11 is 0. The molecule has 0 bridgehead atoms. The fraction of sp³-hybridized carbons (Fsp3) is 0.903. The summed E-state index contributed by atoms with van der Waals surface area (Å²) in [5.41, 5.74) is 0.208. The molecule has 208 valence electrons. The minimum absolute atomic E-state index is 0.00545. The van der Waals surface area contributed by atoms with Crippen LogP contribution in [0.2, 0.25) is 0 Å². The van der Waals surface area contributed by atoms with Crippen LogP contribution in [-0.2, 0) is 19.1 Å². The van der Waals surface area contributed by atoms with Crippen LogP contribution < -0.4 is 0 Å². The van der Waals surface area contributed by atoms with Crippen LogP contribution in [-0.4, -0.2) is 53.5 Å². The van der Waals surface area contributed by atoms with Crippen molar-refractivity contribution in [2.75, 3.05) is 19.7 Å². The molecule has 0 aromatic heterocycles. The molecule has 5 aliphatic rings. The Kier molecular flexibility index (Phi) is 8.06. The largest absolute Gasteiger partial charge is 0.466 e. The molecule has 0 radical (unpaired) electrons. The molecular weight excluding hydrogens is 466 g/mol. The first-order valence-electron chi connectivity index (χ1n) is 15.4. The molecule has 6 heteroatoms. The molecule has 4 aliphatic carbocycles. The topological polar surface area (TPSA) is 83.9 Å². The summed E-state index contributed by atoms with van der Waals surface area (Å²) in [5.74, 6) is 2.91. The molecule has 0 aromatic rings. The van der Waals surface area contributed by atoms with E-state index in [1.165, 1.54) is 6.42 Å². The number of hydrogen-bond donors (Lipinski definition) is 1. The zero-order chi connectivity index (χ0) is 26.2. The molecule has 0 aromatic carbocycles. The molecule has 0 spiro atoms. The van der Waals surface area contributed by atoms with Gasteiger partial charge in [-0.1, -0.05) is 13.8 Å². The number of ketones is 1. The smallest absolute Gasteiger partial charge is 0.305 e. The number of amides is 1. The number of Topliss-reactive ketones (excluding diaryl/α,β-unsaturated/α-hetero) is 1. The second-order valence-electron chi connectivity index (χ2n) is 13.7. The van der Waals surface area contributed by atoms with Crippen LogP contribution in [0, 0.1) is 40.4 Å². The Morgan fingerprint density at radius 1 is 1.00 bits per heavy atom. The van der Waals surface area contributed by atoms with Gasteiger partial charge in [-0.2, -0.15) is 0 Å². The lowest BCUT2D eigenvalue weighted by Gasteiger charge is -2.62. The van der Waals surface area contributed by atoms with E-state index in [1.807, 2.05) is 4.90 Å². The Labute approximate surface area is 223 Å². The van der Waals surface area contributed by atoms with Crippen molar-refractivity contribution >= 4 is 17.7 Å². The van der Waals surface area contributed by atoms with Gasteiger partial charge in [-0.25, -0.2) is 0 Å². The minimum Gasteiger partial charge on any atom is -0.466 e. The molecule has 5 rings (SSSR count). The van der Waals surface area contributed by atoms with Gasteiger partial charge in [-0.3, -0.25) is 14.4 Å². The van der Waals surface area contributed by atoms with E-state index in [0.717, 1.165) is 77.3 Å². The molecule has 7 unspecified atom stereocenters. The Bertz CT molecular complexity index is 868. The maximum atomic E-state index is 12.7. The van der Waals surface area contributed by atoms with E-state index in [9.17, 15) is 19.5 Å². The average Bonchev–Trinajstić information content (AvgIpc) is 3.20. The second-order valence-corrected chi connectivity index (χ2v) is 13.7. The SMILES string of the molecule is CC12CCC3C(C1CCC2O)[C@H](CCC(=O)OCCCC(=O)N1CCCCC1)CC1CC(=O)CCC13C. The summed E-state index contributed by atoms with van der Waals surface area (Å²) in [4.78, 5) is 39.5. The fourth-order valence-electron chi connectivity index (χ4n) is 9.58. The van der Waals surface area contributed by atoms with Crippen LogP contribution >= 0.6 is 0 Å². The monoisotopic (exact) mass is 515 g/mol. The highest BCUT2D eigenvalue weighted by Crippen LogP contribution is 2.67. The van der Waals surface area contributed by atoms with Crippen LogP contribution in [0.15, 0.2) is 0 Å². The first kappa shape index (κ1) is 27.1. The van der Waals surface area contributed by atoms with Crippen molar-refractivity contribution in [3.8, 4) is 0 Å². The predicted molar refractivity (Wildman–Crippen MR) is 141 cm³/mol. The summed E-state index contributed by atoms with van der Waals surface area (Å²) in [5, 5.41) is 10.9. The summed E-state index contributed by atoms with van der Waals surface area (Å²) in [6, 6.07) is 0. The average molecular weight is 516 g/mol. The number of ether oxygens (including phenoxy) is 1. The standard InChI is InChI=1S/C31H49NO5/c1-30-14-12-23(33)20-22(30)19-21(29-24-9-10-26(34)31(24,2)15-13-25(29)30)8-11-28(36)37-18-6-7-27(35)32-16-4-3-5-17-32/h21-22,24-26,29,34H,3-20H2,1-2H3/t21-,22?,24?,25?,26?,29?,30?,31?/m1/s1. The lowest BCUT2D eigenvalue weighted by Crippen LogP contribution is -2.57. The van der Waals surface area contributed by atoms with Crippen LogP contribution in [0.4, 0.5) is 0 Å². The van der Waals surface area contributed by atoms with Crippen LogP contribution in [0.25, 0.3) is 0 Å². The Hall–Kier alpha value is -1.43. The van der Waals surface area contributed by atoms with E-state index in [1.54, 1.807) is 0 Å². The number of likely N-dealkylation sites (tertiary alicyclic amines) is 1. The van der Waals surface area contributed by atoms with Crippen molar-refractivity contribution < 1.29 is 24.2 Å². The van der Waals surface area contributed by atoms with E-state index < -0.39 is 0 Å². The molecule has 1 N–H and O–H groups in total. The molecule has 4 saturated carbocycles. The molecule has 1 aliphatic heterocycles. The van der Waals surface area contributed by atoms with Gasteiger partial charge in [0.25, 0.3) is 0 Å². The number of esters is 1. The lowest BCUT2D eigenvalue weighted by atomic mass is 9.42. The van der Waals surface area contributed by atoms with Crippen molar-refractivity contribution in [1.29, 1.82) is 0 Å². The molecule has 1 saturated heterocycles. The predicted octanol–water partition coefficient (Wildman–Crippen LogP) is 5.30. The molecule has 1 heterocycles. The summed E-state index contributed by atoms with van der Waals surface area (Å²) in [6.07, 6.45) is 13.1. The first-order chi connectivity index (χ1) is 17.7. The van der Waals surface area contributed by atoms with Gasteiger partial charge in [0.1, 0.15) is 5.78 Å². The lowest BCUT2D eigenvalue weighted by molar-refractivity contribution is -0.159. The maximum absolute atomic E-state index is 12.7. The highest BCUT2D eigenvalue weighted by molar-refractivity contribution is 5.79. The normalized spacial score (nSPS) is 41.5. The number of fused-ring (bicyclic) bond motifs is 5. The highest BCUT2D eigenvalue weighted by Gasteiger charge is 2.62. The van der Waals surface area contributed by atoms with E-state index >= 15 is 0 Å². The van der Waals surface area contributed by atoms with Crippen LogP contribution in [0.3, 0.4) is 0 Å². The van der Waals surface area contributed by atoms with E-state index in [2.05, 4.69) is 13.8 Å².